The molecule has 0 aliphatic heterocycles. The van der Waals surface area contributed by atoms with Crippen molar-refractivity contribution < 1.29 is 4.74 Å². The van der Waals surface area contributed by atoms with Crippen molar-refractivity contribution in [1.29, 1.82) is 0 Å². The Labute approximate surface area is 106 Å². The van der Waals surface area contributed by atoms with Gasteiger partial charge in [-0.15, -0.1) is 0 Å². The third kappa shape index (κ3) is 1.72. The van der Waals surface area contributed by atoms with E-state index in [2.05, 4.69) is 26.0 Å². The van der Waals surface area contributed by atoms with E-state index in [0.717, 1.165) is 27.1 Å². The van der Waals surface area contributed by atoms with Gasteiger partial charge in [-0.05, 0) is 40.2 Å². The maximum Gasteiger partial charge on any atom is 0.145 e. The molecule has 3 rings (SSSR count). The van der Waals surface area contributed by atoms with Gasteiger partial charge < -0.3 is 9.72 Å². The number of nitrogens with one attached hydrogen (secondary N) is 1. The number of H-pyrrole nitrogens is 1. The highest BCUT2D eigenvalue weighted by Crippen LogP contribution is 2.27. The van der Waals surface area contributed by atoms with Gasteiger partial charge in [-0.25, -0.2) is 4.52 Å². The zero-order valence-electron chi connectivity index (χ0n) is 9.14. The summed E-state index contributed by atoms with van der Waals surface area (Å²) in [6, 6.07) is 7.86. The molecule has 0 aliphatic rings. The van der Waals surface area contributed by atoms with E-state index in [1.165, 1.54) is 0 Å². The molecule has 3 heterocycles. The molecular weight excluding hydrogens is 282 g/mol. The molecule has 1 N–H and O–H groups in total. The highest BCUT2D eigenvalue weighted by molar-refractivity contribution is 9.10. The topological polar surface area (TPSA) is 42.3 Å². The Morgan fingerprint density at radius 1 is 1.41 bits per heavy atom. The van der Waals surface area contributed by atoms with Crippen LogP contribution in [-0.4, -0.2) is 21.7 Å². The fourth-order valence-corrected chi connectivity index (χ4v) is 2.22. The van der Waals surface area contributed by atoms with Crippen LogP contribution in [0, 0.1) is 0 Å². The van der Waals surface area contributed by atoms with Gasteiger partial charge in [0.25, 0.3) is 0 Å². The summed E-state index contributed by atoms with van der Waals surface area (Å²) >= 11 is 3.43. The summed E-state index contributed by atoms with van der Waals surface area (Å²) in [7, 11) is 1.66. The lowest BCUT2D eigenvalue weighted by atomic mass is 10.3. The third-order valence-electron chi connectivity index (χ3n) is 2.60. The van der Waals surface area contributed by atoms with Crippen LogP contribution in [-0.2, 0) is 0 Å². The van der Waals surface area contributed by atoms with Crippen molar-refractivity contribution in [1.82, 2.24) is 14.6 Å². The number of hydrogen-bond donors (Lipinski definition) is 1. The lowest BCUT2D eigenvalue weighted by Crippen LogP contribution is -1.91. The molecule has 0 radical (unpaired) electrons. The molecule has 3 aromatic heterocycles. The molecule has 0 bridgehead atoms. The van der Waals surface area contributed by atoms with E-state index in [1.54, 1.807) is 11.6 Å². The third-order valence-corrected chi connectivity index (χ3v) is 3.03. The number of rotatable bonds is 2. The molecule has 0 saturated carbocycles. The van der Waals surface area contributed by atoms with Crippen LogP contribution in [0.2, 0.25) is 0 Å². The first-order valence-electron chi connectivity index (χ1n) is 5.14. The molecule has 5 heteroatoms. The van der Waals surface area contributed by atoms with Gasteiger partial charge in [-0.2, -0.15) is 5.10 Å². The van der Waals surface area contributed by atoms with Gasteiger partial charge in [0, 0.05) is 16.9 Å². The van der Waals surface area contributed by atoms with Crippen LogP contribution in [0.4, 0.5) is 0 Å². The lowest BCUT2D eigenvalue weighted by Gasteiger charge is -2.02. The molecule has 0 fully saturated rings. The van der Waals surface area contributed by atoms with Crippen LogP contribution in [0.5, 0.6) is 5.75 Å². The SMILES string of the molecule is COc1cc(Br)cn2nc(-c3ccc[nH]3)cc12. The Kier molecular flexibility index (Phi) is 2.40. The van der Waals surface area contributed by atoms with E-state index in [-0.39, 0.29) is 0 Å². The Bertz CT molecular complexity index is 658. The van der Waals surface area contributed by atoms with E-state index in [0.29, 0.717) is 0 Å². The molecule has 0 amide bonds. The van der Waals surface area contributed by atoms with E-state index in [4.69, 9.17) is 4.74 Å². The molecule has 0 aromatic carbocycles. The number of fused-ring (bicyclic) bond motifs is 1. The molecular formula is C12H10BrN3O. The Morgan fingerprint density at radius 3 is 3.00 bits per heavy atom. The Balaban J connectivity index is 2.25. The fraction of sp³-hybridized carbons (Fsp3) is 0.0833. The summed E-state index contributed by atoms with van der Waals surface area (Å²) in [6.45, 7) is 0. The quantitative estimate of drug-likeness (QED) is 0.788. The molecule has 17 heavy (non-hydrogen) atoms. The number of aromatic amines is 1. The van der Waals surface area contributed by atoms with Gasteiger partial charge in [0.15, 0.2) is 0 Å². The molecule has 0 unspecified atom stereocenters. The smallest absolute Gasteiger partial charge is 0.145 e. The minimum atomic E-state index is 0.796. The van der Waals surface area contributed by atoms with E-state index in [9.17, 15) is 0 Å². The van der Waals surface area contributed by atoms with E-state index in [1.807, 2.05) is 36.7 Å². The molecule has 0 aliphatic carbocycles. The van der Waals surface area contributed by atoms with Crippen LogP contribution >= 0.6 is 15.9 Å². The lowest BCUT2D eigenvalue weighted by molar-refractivity contribution is 0.417. The van der Waals surface area contributed by atoms with Crippen LogP contribution in [0.25, 0.3) is 16.9 Å². The summed E-state index contributed by atoms with van der Waals surface area (Å²) in [5, 5.41) is 4.50. The summed E-state index contributed by atoms with van der Waals surface area (Å²) in [5.74, 6) is 0.796. The summed E-state index contributed by atoms with van der Waals surface area (Å²) in [6.07, 6.45) is 3.79. The van der Waals surface area contributed by atoms with Crippen LogP contribution in [0.3, 0.4) is 0 Å². The van der Waals surface area contributed by atoms with Crippen molar-refractivity contribution >= 4 is 21.4 Å². The van der Waals surface area contributed by atoms with Gasteiger partial charge in [0.05, 0.1) is 12.8 Å². The highest BCUT2D eigenvalue weighted by Gasteiger charge is 2.09. The van der Waals surface area contributed by atoms with Crippen LogP contribution < -0.4 is 4.74 Å². The predicted molar refractivity (Wildman–Crippen MR) is 69.2 cm³/mol. The van der Waals surface area contributed by atoms with Gasteiger partial charge in [-0.1, -0.05) is 0 Å². The first kappa shape index (κ1) is 10.4. The zero-order valence-corrected chi connectivity index (χ0v) is 10.7. The average Bonchev–Trinajstić information content (AvgIpc) is 2.95. The number of ether oxygens (including phenoxy) is 1. The number of aromatic nitrogens is 3. The first-order chi connectivity index (χ1) is 8.28. The largest absolute Gasteiger partial charge is 0.494 e. The van der Waals surface area contributed by atoms with Crippen molar-refractivity contribution in [2.75, 3.05) is 7.11 Å². The average molecular weight is 292 g/mol. The second-order valence-corrected chi connectivity index (χ2v) is 4.59. The molecule has 86 valence electrons. The summed E-state index contributed by atoms with van der Waals surface area (Å²) in [5.41, 5.74) is 2.83. The first-order valence-corrected chi connectivity index (χ1v) is 5.94. The minimum Gasteiger partial charge on any atom is -0.494 e. The maximum absolute atomic E-state index is 5.34. The second kappa shape index (κ2) is 3.92. The monoisotopic (exact) mass is 291 g/mol. The zero-order chi connectivity index (χ0) is 11.8. The van der Waals surface area contributed by atoms with E-state index >= 15 is 0 Å². The van der Waals surface area contributed by atoms with Crippen molar-refractivity contribution in [2.24, 2.45) is 0 Å². The van der Waals surface area contributed by atoms with Gasteiger partial charge in [-0.3, -0.25) is 0 Å². The standard InChI is InChI=1S/C12H10BrN3O/c1-17-12-5-8(13)7-16-11(12)6-10(15-16)9-3-2-4-14-9/h2-7,14H,1H3. The minimum absolute atomic E-state index is 0.796. The summed E-state index contributed by atoms with van der Waals surface area (Å²) < 4.78 is 8.08. The molecule has 0 atom stereocenters. The molecule has 0 spiro atoms. The molecule has 3 aromatic rings. The number of nitrogens with zero attached hydrogens (tertiary/aromatic N) is 2. The number of halogens is 1. The van der Waals surface area contributed by atoms with E-state index < -0.39 is 0 Å². The van der Waals surface area contributed by atoms with Gasteiger partial charge in [0.1, 0.15) is 17.0 Å². The Morgan fingerprint density at radius 2 is 2.29 bits per heavy atom. The predicted octanol–water partition coefficient (Wildman–Crippen LogP) is 3.10. The van der Waals surface area contributed by atoms with Crippen molar-refractivity contribution in [3.05, 3.63) is 41.1 Å². The van der Waals surface area contributed by atoms with Gasteiger partial charge >= 0.3 is 0 Å². The highest BCUT2D eigenvalue weighted by atomic mass is 79.9. The number of methoxy groups -OCH3 is 1. The van der Waals surface area contributed by atoms with Crippen molar-refractivity contribution in [2.45, 2.75) is 0 Å². The second-order valence-electron chi connectivity index (χ2n) is 3.67. The number of pyridine rings is 1. The van der Waals surface area contributed by atoms with Crippen LogP contribution in [0.1, 0.15) is 0 Å². The van der Waals surface area contributed by atoms with Crippen molar-refractivity contribution in [3.63, 3.8) is 0 Å². The molecule has 0 saturated heterocycles. The van der Waals surface area contributed by atoms with Crippen LogP contribution in [0.15, 0.2) is 41.1 Å². The van der Waals surface area contributed by atoms with Gasteiger partial charge in [0.2, 0.25) is 0 Å². The molecule has 4 nitrogen and oxygen atoms in total. The fourth-order valence-electron chi connectivity index (χ4n) is 1.81. The normalized spacial score (nSPS) is 10.9. The number of hydrogen-bond acceptors (Lipinski definition) is 2. The van der Waals surface area contributed by atoms with Crippen molar-refractivity contribution in [3.8, 4) is 17.1 Å². The maximum atomic E-state index is 5.34. The Hall–Kier alpha value is -1.75. The summed E-state index contributed by atoms with van der Waals surface area (Å²) in [4.78, 5) is 3.14.